The standard InChI is InChI=1S/C18H16N2O3/c1-12-5-4-10-20-15(8-9-16(21)22)17(19-18(12)20)13-6-3-7-14(11-13)23-2/h3-11H,1-2H3,(H,21,22)/p-1/b9-8+. The van der Waals surface area contributed by atoms with Crippen LogP contribution in [-0.4, -0.2) is 22.5 Å². The number of fused-ring (bicyclic) bond motifs is 1. The molecule has 23 heavy (non-hydrogen) atoms. The third-order valence-electron chi connectivity index (χ3n) is 3.60. The summed E-state index contributed by atoms with van der Waals surface area (Å²) >= 11 is 0. The first kappa shape index (κ1) is 14.8. The lowest BCUT2D eigenvalue weighted by Gasteiger charge is -2.04. The van der Waals surface area contributed by atoms with Gasteiger partial charge in [-0.2, -0.15) is 0 Å². The van der Waals surface area contributed by atoms with Gasteiger partial charge in [0.25, 0.3) is 0 Å². The molecule has 2 heterocycles. The molecule has 116 valence electrons. The van der Waals surface area contributed by atoms with Crippen molar-refractivity contribution >= 4 is 17.7 Å². The van der Waals surface area contributed by atoms with Gasteiger partial charge in [0.15, 0.2) is 0 Å². The van der Waals surface area contributed by atoms with Crippen LogP contribution >= 0.6 is 0 Å². The fraction of sp³-hybridized carbons (Fsp3) is 0.111. The molecule has 3 rings (SSSR count). The fourth-order valence-corrected chi connectivity index (χ4v) is 2.51. The van der Waals surface area contributed by atoms with Crippen LogP contribution in [-0.2, 0) is 4.79 Å². The number of rotatable bonds is 4. The Morgan fingerprint density at radius 3 is 2.87 bits per heavy atom. The molecule has 2 aromatic heterocycles. The van der Waals surface area contributed by atoms with Crippen molar-refractivity contribution in [1.29, 1.82) is 0 Å². The van der Waals surface area contributed by atoms with Crippen LogP contribution in [0.4, 0.5) is 0 Å². The Balaban J connectivity index is 2.28. The highest BCUT2D eigenvalue weighted by molar-refractivity contribution is 5.86. The number of carboxylic acids is 1. The third kappa shape index (κ3) is 2.81. The Hall–Kier alpha value is -3.08. The Labute approximate surface area is 133 Å². The SMILES string of the molecule is COc1cccc(-c2nc3c(C)cccn3c2/C=C/C(=O)[O-])c1. The number of imidazole rings is 1. The number of carboxylic acid groups (broad SMARTS) is 1. The van der Waals surface area contributed by atoms with Gasteiger partial charge >= 0.3 is 0 Å². The average molecular weight is 307 g/mol. The maximum atomic E-state index is 10.8. The second-order valence-corrected chi connectivity index (χ2v) is 5.11. The summed E-state index contributed by atoms with van der Waals surface area (Å²) < 4.78 is 7.12. The summed E-state index contributed by atoms with van der Waals surface area (Å²) in [5, 5.41) is 10.8. The molecule has 0 unspecified atom stereocenters. The van der Waals surface area contributed by atoms with Crippen molar-refractivity contribution in [3.63, 3.8) is 0 Å². The van der Waals surface area contributed by atoms with Gasteiger partial charge < -0.3 is 14.6 Å². The largest absolute Gasteiger partial charge is 0.545 e. The van der Waals surface area contributed by atoms with E-state index in [9.17, 15) is 9.90 Å². The molecule has 3 aromatic rings. The predicted octanol–water partition coefficient (Wildman–Crippen LogP) is 2.08. The zero-order chi connectivity index (χ0) is 16.4. The monoisotopic (exact) mass is 307 g/mol. The highest BCUT2D eigenvalue weighted by Crippen LogP contribution is 2.29. The molecule has 0 amide bonds. The van der Waals surface area contributed by atoms with Crippen LogP contribution in [0, 0.1) is 6.92 Å². The van der Waals surface area contributed by atoms with Crippen LogP contribution in [0.15, 0.2) is 48.7 Å². The highest BCUT2D eigenvalue weighted by Gasteiger charge is 2.13. The van der Waals surface area contributed by atoms with Crippen molar-refractivity contribution in [1.82, 2.24) is 9.38 Å². The number of ether oxygens (including phenoxy) is 1. The number of carbonyl (C=O) groups excluding carboxylic acids is 1. The molecule has 0 aliphatic heterocycles. The van der Waals surface area contributed by atoms with E-state index < -0.39 is 5.97 Å². The summed E-state index contributed by atoms with van der Waals surface area (Å²) in [7, 11) is 1.60. The van der Waals surface area contributed by atoms with Crippen molar-refractivity contribution in [2.24, 2.45) is 0 Å². The van der Waals surface area contributed by atoms with Gasteiger partial charge in [-0.05, 0) is 42.8 Å². The summed E-state index contributed by atoms with van der Waals surface area (Å²) in [6, 6.07) is 11.4. The smallest absolute Gasteiger partial charge is 0.140 e. The molecule has 0 aliphatic carbocycles. The second kappa shape index (κ2) is 5.96. The summed E-state index contributed by atoms with van der Waals surface area (Å²) in [5.74, 6) is -0.532. The Kier molecular flexibility index (Phi) is 3.85. The normalized spacial score (nSPS) is 11.2. The summed E-state index contributed by atoms with van der Waals surface area (Å²) in [5.41, 5.74) is 4.01. The van der Waals surface area contributed by atoms with Crippen LogP contribution in [0.3, 0.4) is 0 Å². The quantitative estimate of drug-likeness (QED) is 0.692. The van der Waals surface area contributed by atoms with Gasteiger partial charge in [-0.3, -0.25) is 4.40 Å². The average Bonchev–Trinajstić information content (AvgIpc) is 2.93. The molecule has 0 radical (unpaired) electrons. The lowest BCUT2D eigenvalue weighted by atomic mass is 10.1. The number of nitrogens with zero attached hydrogens (tertiary/aromatic N) is 2. The summed E-state index contributed by atoms with van der Waals surface area (Å²) in [6.07, 6.45) is 4.37. The van der Waals surface area contributed by atoms with Gasteiger partial charge in [0, 0.05) is 11.8 Å². The van der Waals surface area contributed by atoms with Crippen molar-refractivity contribution in [2.45, 2.75) is 6.92 Å². The van der Waals surface area contributed by atoms with Gasteiger partial charge in [-0.1, -0.05) is 18.2 Å². The lowest BCUT2D eigenvalue weighted by Crippen LogP contribution is -2.18. The van der Waals surface area contributed by atoms with Crippen molar-refractivity contribution in [3.8, 4) is 17.0 Å². The van der Waals surface area contributed by atoms with Crippen LogP contribution in [0.2, 0.25) is 0 Å². The van der Waals surface area contributed by atoms with Gasteiger partial charge in [0.2, 0.25) is 0 Å². The van der Waals surface area contributed by atoms with Gasteiger partial charge in [-0.25, -0.2) is 4.98 Å². The number of aliphatic carboxylic acids is 1. The molecule has 5 nitrogen and oxygen atoms in total. The number of aromatic nitrogens is 2. The van der Waals surface area contributed by atoms with Crippen LogP contribution in [0.25, 0.3) is 23.0 Å². The Morgan fingerprint density at radius 2 is 2.13 bits per heavy atom. The number of hydrogen-bond acceptors (Lipinski definition) is 4. The summed E-state index contributed by atoms with van der Waals surface area (Å²) in [4.78, 5) is 15.5. The van der Waals surface area contributed by atoms with E-state index in [4.69, 9.17) is 4.74 Å². The maximum Gasteiger partial charge on any atom is 0.140 e. The molecule has 0 atom stereocenters. The molecule has 0 fully saturated rings. The lowest BCUT2D eigenvalue weighted by molar-refractivity contribution is -0.297. The molecule has 0 bridgehead atoms. The second-order valence-electron chi connectivity index (χ2n) is 5.11. The van der Waals surface area contributed by atoms with Crippen molar-refractivity contribution in [3.05, 3.63) is 59.9 Å². The summed E-state index contributed by atoms with van der Waals surface area (Å²) in [6.45, 7) is 1.96. The molecule has 0 saturated heterocycles. The van der Waals surface area contributed by atoms with E-state index in [2.05, 4.69) is 4.98 Å². The van der Waals surface area contributed by atoms with Crippen molar-refractivity contribution < 1.29 is 14.6 Å². The molecular weight excluding hydrogens is 292 g/mol. The number of aryl methyl sites for hydroxylation is 1. The van der Waals surface area contributed by atoms with E-state index in [0.717, 1.165) is 22.9 Å². The Morgan fingerprint density at radius 1 is 1.30 bits per heavy atom. The predicted molar refractivity (Wildman–Crippen MR) is 86.0 cm³/mol. The first-order valence-electron chi connectivity index (χ1n) is 7.11. The minimum absolute atomic E-state index is 0.682. The van der Waals surface area contributed by atoms with Gasteiger partial charge in [-0.15, -0.1) is 0 Å². The molecular formula is C18H15N2O3-. The van der Waals surface area contributed by atoms with Gasteiger partial charge in [0.1, 0.15) is 11.4 Å². The molecule has 0 N–H and O–H groups in total. The first-order valence-corrected chi connectivity index (χ1v) is 7.11. The topological polar surface area (TPSA) is 66.7 Å². The van der Waals surface area contributed by atoms with Crippen LogP contribution in [0.1, 0.15) is 11.3 Å². The first-order chi connectivity index (χ1) is 11.1. The highest BCUT2D eigenvalue weighted by atomic mass is 16.5. The Bertz CT molecular complexity index is 910. The van der Waals surface area contributed by atoms with Crippen LogP contribution < -0.4 is 9.84 Å². The van der Waals surface area contributed by atoms with E-state index in [1.54, 1.807) is 7.11 Å². The van der Waals surface area contributed by atoms with Crippen molar-refractivity contribution in [2.75, 3.05) is 7.11 Å². The molecule has 0 spiro atoms. The number of hydrogen-bond donors (Lipinski definition) is 0. The zero-order valence-electron chi connectivity index (χ0n) is 12.8. The van der Waals surface area contributed by atoms with E-state index in [-0.39, 0.29) is 0 Å². The molecule has 0 aliphatic rings. The number of methoxy groups -OCH3 is 1. The van der Waals surface area contributed by atoms with E-state index in [0.29, 0.717) is 17.1 Å². The maximum absolute atomic E-state index is 10.8. The zero-order valence-corrected chi connectivity index (χ0v) is 12.8. The third-order valence-corrected chi connectivity index (χ3v) is 3.60. The number of pyridine rings is 1. The number of carbonyl (C=O) groups is 1. The molecule has 0 saturated carbocycles. The molecule has 5 heteroatoms. The fourth-order valence-electron chi connectivity index (χ4n) is 2.51. The van der Waals surface area contributed by atoms with E-state index in [1.165, 1.54) is 6.08 Å². The minimum atomic E-state index is -1.25. The van der Waals surface area contributed by atoms with Gasteiger partial charge in [0.05, 0.1) is 24.5 Å². The van der Waals surface area contributed by atoms with E-state index in [1.807, 2.05) is 53.9 Å². The van der Waals surface area contributed by atoms with Crippen LogP contribution in [0.5, 0.6) is 5.75 Å². The molecule has 1 aromatic carbocycles. The number of benzene rings is 1. The minimum Gasteiger partial charge on any atom is -0.545 e. The van der Waals surface area contributed by atoms with E-state index >= 15 is 0 Å².